The van der Waals surface area contributed by atoms with Gasteiger partial charge in [-0.3, -0.25) is 34.0 Å². The summed E-state index contributed by atoms with van der Waals surface area (Å²) in [6, 6.07) is 15.5. The van der Waals surface area contributed by atoms with Crippen LogP contribution in [0.2, 0.25) is 0 Å². The van der Waals surface area contributed by atoms with Gasteiger partial charge in [-0.1, -0.05) is 64.6 Å². The first-order valence-electron chi connectivity index (χ1n) is 23.4. The van der Waals surface area contributed by atoms with E-state index in [0.717, 1.165) is 50.1 Å². The highest BCUT2D eigenvalue weighted by Gasteiger charge is 2.43. The number of likely N-dealkylation sites (N-methyl/N-ethyl adjacent to an activating group) is 1. The summed E-state index contributed by atoms with van der Waals surface area (Å²) in [6.07, 6.45) is 5.01. The van der Waals surface area contributed by atoms with Crippen LogP contribution in [0.15, 0.2) is 73.4 Å². The van der Waals surface area contributed by atoms with Gasteiger partial charge in [-0.25, -0.2) is 5.43 Å². The zero-order valence-corrected chi connectivity index (χ0v) is 40.1. The van der Waals surface area contributed by atoms with Gasteiger partial charge in [0.2, 0.25) is 17.7 Å². The molecule has 66 heavy (non-hydrogen) atoms. The highest BCUT2D eigenvalue weighted by molar-refractivity contribution is 5.96. The average Bonchev–Trinajstić information content (AvgIpc) is 3.85. The molecule has 6 atom stereocenters. The molecule has 5 heterocycles. The molecular formula is C52H67N7O7. The molecule has 0 spiro atoms. The second-order valence-corrected chi connectivity index (χ2v) is 19.4. The Labute approximate surface area is 389 Å². The number of methoxy groups -OCH3 is 1. The van der Waals surface area contributed by atoms with Crippen LogP contribution in [0.3, 0.4) is 0 Å². The Bertz CT molecular complexity index is 2500. The maximum absolute atomic E-state index is 14.7. The first kappa shape index (κ1) is 48.1. The zero-order valence-electron chi connectivity index (χ0n) is 40.1. The number of cyclic esters (lactones) is 1. The zero-order chi connectivity index (χ0) is 47.6. The van der Waals surface area contributed by atoms with Gasteiger partial charge in [-0.2, -0.15) is 0 Å². The quantitative estimate of drug-likeness (QED) is 0.132. The van der Waals surface area contributed by atoms with Crippen molar-refractivity contribution in [1.82, 2.24) is 35.1 Å². The first-order chi connectivity index (χ1) is 31.5. The van der Waals surface area contributed by atoms with Crippen molar-refractivity contribution in [3.8, 4) is 22.4 Å². The number of hydrogen-bond donors (Lipinski definition) is 2. The minimum atomic E-state index is -1.05. The summed E-state index contributed by atoms with van der Waals surface area (Å²) in [6.45, 7) is 19.1. The first-order valence-corrected chi connectivity index (χ1v) is 23.4. The predicted molar refractivity (Wildman–Crippen MR) is 255 cm³/mol. The van der Waals surface area contributed by atoms with E-state index in [2.05, 4.69) is 79.1 Å². The van der Waals surface area contributed by atoms with E-state index in [1.165, 1.54) is 16.0 Å². The minimum Gasteiger partial charge on any atom is -0.464 e. The van der Waals surface area contributed by atoms with Gasteiger partial charge >= 0.3 is 5.97 Å². The number of amides is 4. The fraction of sp³-hybridized carbons (Fsp3) is 0.500. The van der Waals surface area contributed by atoms with Crippen molar-refractivity contribution >= 4 is 40.5 Å². The molecule has 2 fully saturated rings. The number of pyridine rings is 1. The number of carbonyl (C=O) groups is 5. The van der Waals surface area contributed by atoms with Crippen LogP contribution in [0.4, 0.5) is 0 Å². The predicted octanol–water partition coefficient (Wildman–Crippen LogP) is 6.65. The van der Waals surface area contributed by atoms with E-state index >= 15 is 0 Å². The number of aryl methyl sites for hydroxylation is 1. The molecule has 14 heteroatoms. The minimum absolute atomic E-state index is 0.135. The summed E-state index contributed by atoms with van der Waals surface area (Å²) < 4.78 is 14.3. The summed E-state index contributed by atoms with van der Waals surface area (Å²) in [5.41, 5.74) is 10.5. The lowest BCUT2D eigenvalue weighted by molar-refractivity contribution is -0.155. The standard InChI is InChI=1S/C52H67N7O7/c1-11-44(60)58-25-22-37(32(58)5)49(62)56(9)46(31(3)4)48(61)54-42-27-34-16-13-17-35(26-34)36-20-21-43-39(28-36)40(47(57(43)12-2)38-18-14-23-53-45(38)33(6)65-10)29-52(7,8)30-66-51(64)41-19-15-24-59(55-41)50(42)63/h11,13-14,16-18,20-21,23,26,28,31-33,37,41-42,46,55H,1,12,15,19,22,24-25,27,29-30H2,2-10H3,(H,54,61)/t32-,33-,37-,41-,42-,46?/m0/s1. The Morgan fingerprint density at radius 3 is 2.53 bits per heavy atom. The van der Waals surface area contributed by atoms with Gasteiger partial charge < -0.3 is 29.2 Å². The number of aromatic nitrogens is 2. The van der Waals surface area contributed by atoms with E-state index in [1.54, 1.807) is 25.3 Å². The second kappa shape index (κ2) is 19.9. The lowest BCUT2D eigenvalue weighted by Gasteiger charge is -2.37. The van der Waals surface area contributed by atoms with Crippen LogP contribution in [0.5, 0.6) is 0 Å². The Kier molecular flexibility index (Phi) is 14.5. The number of fused-ring (bicyclic) bond motifs is 6. The summed E-state index contributed by atoms with van der Waals surface area (Å²) in [7, 11) is 3.31. The number of nitrogens with one attached hydrogen (secondary N) is 2. The number of hydrogen-bond acceptors (Lipinski definition) is 9. The topological polar surface area (TPSA) is 155 Å². The molecule has 2 aromatic heterocycles. The lowest BCUT2D eigenvalue weighted by Crippen LogP contribution is -2.62. The fourth-order valence-electron chi connectivity index (χ4n) is 10.3. The van der Waals surface area contributed by atoms with Gasteiger partial charge in [0.25, 0.3) is 5.91 Å². The second-order valence-electron chi connectivity index (χ2n) is 19.4. The van der Waals surface area contributed by atoms with Gasteiger partial charge in [-0.15, -0.1) is 0 Å². The van der Waals surface area contributed by atoms with Crippen LogP contribution in [0, 0.1) is 17.3 Å². The summed E-state index contributed by atoms with van der Waals surface area (Å²) in [4.78, 5) is 77.8. The summed E-state index contributed by atoms with van der Waals surface area (Å²) in [5.74, 6) is -2.61. The third-order valence-electron chi connectivity index (χ3n) is 13.8. The van der Waals surface area contributed by atoms with Crippen LogP contribution >= 0.6 is 0 Å². The molecule has 2 N–H and O–H groups in total. The van der Waals surface area contributed by atoms with Gasteiger partial charge in [0.15, 0.2) is 0 Å². The number of carbonyl (C=O) groups excluding carboxylic acids is 5. The molecule has 14 nitrogen and oxygen atoms in total. The molecule has 4 amide bonds. The summed E-state index contributed by atoms with van der Waals surface area (Å²) >= 11 is 0. The maximum Gasteiger partial charge on any atom is 0.324 e. The third kappa shape index (κ3) is 9.67. The molecule has 0 saturated carbocycles. The van der Waals surface area contributed by atoms with Crippen LogP contribution in [-0.4, -0.2) is 112 Å². The molecule has 352 valence electrons. The van der Waals surface area contributed by atoms with Crippen molar-refractivity contribution in [3.05, 3.63) is 90.3 Å². The number of hydrazine groups is 1. The molecule has 7 rings (SSSR count). The highest BCUT2D eigenvalue weighted by Crippen LogP contribution is 2.42. The van der Waals surface area contributed by atoms with Crippen molar-refractivity contribution in [2.75, 3.05) is 33.9 Å². The molecule has 3 aliphatic rings. The van der Waals surface area contributed by atoms with E-state index in [4.69, 9.17) is 14.5 Å². The lowest BCUT2D eigenvalue weighted by atomic mass is 9.84. The van der Waals surface area contributed by atoms with Gasteiger partial charge in [0.1, 0.15) is 18.1 Å². The van der Waals surface area contributed by atoms with Gasteiger partial charge in [-0.05, 0) is 105 Å². The number of benzene rings is 2. The van der Waals surface area contributed by atoms with Crippen LogP contribution < -0.4 is 10.7 Å². The fourth-order valence-corrected chi connectivity index (χ4v) is 10.3. The molecule has 2 saturated heterocycles. The van der Waals surface area contributed by atoms with Crippen LogP contribution in [-0.2, 0) is 52.8 Å². The Morgan fingerprint density at radius 2 is 1.82 bits per heavy atom. The SMILES string of the molecule is C=CC(=O)N1CC[C@H](C(=O)N(C)C(C(=O)N[C@H]2Cc3cccc(c3)-c3ccc4c(c3)c(c(-c3cccnc3[C@H](C)OC)n4CC)CC(C)(C)COC(=O)[C@@H]3CCCN(N3)C2=O)C(C)C)[C@@H]1C. The molecule has 2 aromatic carbocycles. The van der Waals surface area contributed by atoms with E-state index in [1.807, 2.05) is 45.9 Å². The van der Waals surface area contributed by atoms with Crippen molar-refractivity contribution in [2.45, 2.75) is 117 Å². The van der Waals surface area contributed by atoms with Crippen LogP contribution in [0.1, 0.15) is 90.7 Å². The molecular weight excluding hydrogens is 835 g/mol. The van der Waals surface area contributed by atoms with Crippen molar-refractivity contribution in [1.29, 1.82) is 0 Å². The van der Waals surface area contributed by atoms with E-state index in [-0.39, 0.29) is 42.9 Å². The largest absolute Gasteiger partial charge is 0.464 e. The number of rotatable bonds is 10. The van der Waals surface area contributed by atoms with Crippen LogP contribution in [0.25, 0.3) is 33.3 Å². The number of likely N-dealkylation sites (tertiary alicyclic amines) is 1. The number of nitrogens with zero attached hydrogens (tertiary/aromatic N) is 5. The third-order valence-corrected chi connectivity index (χ3v) is 13.8. The van der Waals surface area contributed by atoms with E-state index in [0.29, 0.717) is 45.3 Å². The number of esters is 1. The maximum atomic E-state index is 14.7. The summed E-state index contributed by atoms with van der Waals surface area (Å²) in [5, 5.41) is 5.59. The molecule has 4 aromatic rings. The smallest absolute Gasteiger partial charge is 0.324 e. The van der Waals surface area contributed by atoms with Crippen molar-refractivity contribution in [2.24, 2.45) is 17.3 Å². The molecule has 6 bridgehead atoms. The Balaban J connectivity index is 1.29. The van der Waals surface area contributed by atoms with Crippen molar-refractivity contribution < 1.29 is 33.4 Å². The van der Waals surface area contributed by atoms with Gasteiger partial charge in [0.05, 0.1) is 30.0 Å². The Hall–Kier alpha value is -5.86. The van der Waals surface area contributed by atoms with Crippen molar-refractivity contribution in [3.63, 3.8) is 0 Å². The number of ether oxygens (including phenoxy) is 2. The monoisotopic (exact) mass is 902 g/mol. The molecule has 3 aliphatic heterocycles. The highest BCUT2D eigenvalue weighted by atomic mass is 16.5. The van der Waals surface area contributed by atoms with E-state index < -0.39 is 47.2 Å². The molecule has 0 radical (unpaired) electrons. The molecule has 0 aliphatic carbocycles. The Morgan fingerprint density at radius 1 is 1.06 bits per heavy atom. The normalized spacial score (nSPS) is 22.1. The van der Waals surface area contributed by atoms with E-state index in [9.17, 15) is 24.0 Å². The average molecular weight is 902 g/mol. The molecule has 1 unspecified atom stereocenters. The van der Waals surface area contributed by atoms with Gasteiger partial charge in [0, 0.05) is 74.3 Å².